The van der Waals surface area contributed by atoms with Crippen molar-refractivity contribution >= 4 is 0 Å². The van der Waals surface area contributed by atoms with E-state index in [1.54, 1.807) is 6.07 Å². The van der Waals surface area contributed by atoms with Crippen LogP contribution in [-0.4, -0.2) is 21.9 Å². The maximum absolute atomic E-state index is 10.0. The van der Waals surface area contributed by atoms with Crippen LogP contribution in [0.5, 0.6) is 11.5 Å². The molecule has 0 aliphatic carbocycles. The predicted octanol–water partition coefficient (Wildman–Crippen LogP) is 2.41. The van der Waals surface area contributed by atoms with Gasteiger partial charge >= 0.3 is 0 Å². The highest BCUT2D eigenvalue weighted by Gasteiger charge is 2.26. The zero-order valence-corrected chi connectivity index (χ0v) is 11.7. The second kappa shape index (κ2) is 5.76. The first-order chi connectivity index (χ1) is 10.1. The first-order valence-corrected chi connectivity index (χ1v) is 7.16. The Morgan fingerprint density at radius 3 is 2.38 bits per heavy atom. The summed E-state index contributed by atoms with van der Waals surface area (Å²) in [4.78, 5) is 0. The highest BCUT2D eigenvalue weighted by molar-refractivity contribution is 5.48. The van der Waals surface area contributed by atoms with Gasteiger partial charge in [0.1, 0.15) is 0 Å². The summed E-state index contributed by atoms with van der Waals surface area (Å²) in [5, 5.41) is 32.6. The number of aliphatic hydroxyl groups is 1. The van der Waals surface area contributed by atoms with E-state index in [-0.39, 0.29) is 17.5 Å². The minimum absolute atomic E-state index is 0.0649. The van der Waals surface area contributed by atoms with Crippen molar-refractivity contribution < 1.29 is 15.3 Å². The summed E-state index contributed by atoms with van der Waals surface area (Å²) in [7, 11) is 0. The Morgan fingerprint density at radius 1 is 1.00 bits per heavy atom. The number of aryl methyl sites for hydroxylation is 1. The number of phenolic OH excluding ortho intramolecular Hbond substituents is 2. The number of phenols is 2. The minimum Gasteiger partial charge on any atom is -0.504 e. The molecule has 0 aromatic heterocycles. The van der Waals surface area contributed by atoms with Gasteiger partial charge in [-0.25, -0.2) is 0 Å². The number of benzene rings is 2. The van der Waals surface area contributed by atoms with E-state index in [9.17, 15) is 15.3 Å². The Hall–Kier alpha value is -2.04. The number of rotatable bonds is 3. The number of β-amino-alcohol motifs (C(OH)–C–C–N with tert-alkyl or cyclic N) is 1. The van der Waals surface area contributed by atoms with Gasteiger partial charge < -0.3 is 20.6 Å². The maximum atomic E-state index is 10.0. The third-order valence-electron chi connectivity index (χ3n) is 4.04. The lowest BCUT2D eigenvalue weighted by atomic mass is 9.89. The molecule has 0 fully saturated rings. The second-order valence-corrected chi connectivity index (χ2v) is 5.47. The summed E-state index contributed by atoms with van der Waals surface area (Å²) in [5.74, 6) is -0.328. The molecule has 0 saturated carbocycles. The Balaban J connectivity index is 1.82. The van der Waals surface area contributed by atoms with E-state index in [2.05, 4.69) is 17.4 Å². The molecule has 21 heavy (non-hydrogen) atoms. The van der Waals surface area contributed by atoms with Gasteiger partial charge in [-0.2, -0.15) is 0 Å². The van der Waals surface area contributed by atoms with Crippen LogP contribution in [0.4, 0.5) is 0 Å². The molecule has 0 bridgehead atoms. The van der Waals surface area contributed by atoms with Gasteiger partial charge in [-0.1, -0.05) is 30.3 Å². The molecule has 1 aliphatic heterocycles. The molecule has 4 N–H and O–H groups in total. The molecule has 2 unspecified atom stereocenters. The number of aromatic hydroxyl groups is 2. The van der Waals surface area contributed by atoms with Gasteiger partial charge in [-0.05, 0) is 41.7 Å². The standard InChI is InChI=1S/C17H19NO3/c19-15-8-12-13(9-16(15)20)17(21)10-18-14(12)7-6-11-4-2-1-3-5-11/h1-5,8-9,14,17-21H,6-7,10H2. The largest absolute Gasteiger partial charge is 0.504 e. The molecule has 0 amide bonds. The Bertz CT molecular complexity index is 627. The first-order valence-electron chi connectivity index (χ1n) is 7.16. The van der Waals surface area contributed by atoms with Crippen LogP contribution in [0.15, 0.2) is 42.5 Å². The van der Waals surface area contributed by atoms with Crippen molar-refractivity contribution in [1.29, 1.82) is 0 Å². The van der Waals surface area contributed by atoms with E-state index in [1.807, 2.05) is 18.2 Å². The molecule has 2 atom stereocenters. The number of fused-ring (bicyclic) bond motifs is 1. The summed E-state index contributed by atoms with van der Waals surface area (Å²) < 4.78 is 0. The topological polar surface area (TPSA) is 72.7 Å². The molecule has 0 spiro atoms. The number of hydrogen-bond donors (Lipinski definition) is 4. The van der Waals surface area contributed by atoms with Crippen molar-refractivity contribution in [3.8, 4) is 11.5 Å². The molecular weight excluding hydrogens is 266 g/mol. The predicted molar refractivity (Wildman–Crippen MR) is 80.2 cm³/mol. The molecule has 110 valence electrons. The molecule has 0 saturated heterocycles. The number of nitrogens with one attached hydrogen (secondary N) is 1. The fourth-order valence-electron chi connectivity index (χ4n) is 2.89. The van der Waals surface area contributed by atoms with E-state index in [0.717, 1.165) is 18.4 Å². The van der Waals surface area contributed by atoms with Crippen molar-refractivity contribution in [2.75, 3.05) is 6.54 Å². The highest BCUT2D eigenvalue weighted by Crippen LogP contribution is 2.38. The van der Waals surface area contributed by atoms with Crippen molar-refractivity contribution in [3.05, 3.63) is 59.2 Å². The fourth-order valence-corrected chi connectivity index (χ4v) is 2.89. The van der Waals surface area contributed by atoms with Crippen LogP contribution in [0.2, 0.25) is 0 Å². The van der Waals surface area contributed by atoms with Crippen molar-refractivity contribution in [2.24, 2.45) is 0 Å². The Kier molecular flexibility index (Phi) is 3.82. The molecule has 4 nitrogen and oxygen atoms in total. The van der Waals surface area contributed by atoms with Crippen LogP contribution in [-0.2, 0) is 6.42 Å². The van der Waals surface area contributed by atoms with Crippen LogP contribution in [0.25, 0.3) is 0 Å². The van der Waals surface area contributed by atoms with Gasteiger partial charge in [0.15, 0.2) is 11.5 Å². The van der Waals surface area contributed by atoms with E-state index >= 15 is 0 Å². The van der Waals surface area contributed by atoms with E-state index < -0.39 is 6.10 Å². The zero-order chi connectivity index (χ0) is 14.8. The van der Waals surface area contributed by atoms with Gasteiger partial charge in [0, 0.05) is 12.6 Å². The first kappa shape index (κ1) is 13.9. The number of aliphatic hydroxyl groups excluding tert-OH is 1. The summed E-state index contributed by atoms with van der Waals surface area (Å²) in [6.45, 7) is 0.455. The third kappa shape index (κ3) is 2.86. The smallest absolute Gasteiger partial charge is 0.157 e. The molecule has 1 heterocycles. The monoisotopic (exact) mass is 285 g/mol. The van der Waals surface area contributed by atoms with Crippen molar-refractivity contribution in [3.63, 3.8) is 0 Å². The van der Waals surface area contributed by atoms with Gasteiger partial charge in [0.25, 0.3) is 0 Å². The van der Waals surface area contributed by atoms with Crippen LogP contribution < -0.4 is 5.32 Å². The quantitative estimate of drug-likeness (QED) is 0.654. The van der Waals surface area contributed by atoms with Gasteiger partial charge in [0.05, 0.1) is 6.10 Å². The molecule has 2 aromatic rings. The normalized spacial score (nSPS) is 21.0. The summed E-state index contributed by atoms with van der Waals surface area (Å²) in [5.41, 5.74) is 2.82. The fraction of sp³-hybridized carbons (Fsp3) is 0.294. The molecular formula is C17H19NO3. The van der Waals surface area contributed by atoms with E-state index in [4.69, 9.17) is 0 Å². The van der Waals surface area contributed by atoms with E-state index in [0.29, 0.717) is 12.1 Å². The summed E-state index contributed by atoms with van der Waals surface area (Å²) >= 11 is 0. The lowest BCUT2D eigenvalue weighted by molar-refractivity contribution is 0.155. The van der Waals surface area contributed by atoms with Gasteiger partial charge in [0.2, 0.25) is 0 Å². The van der Waals surface area contributed by atoms with Gasteiger partial charge in [-0.3, -0.25) is 0 Å². The molecule has 4 heteroatoms. The van der Waals surface area contributed by atoms with Crippen LogP contribution in [0.3, 0.4) is 0 Å². The SMILES string of the molecule is Oc1cc2c(cc1O)C(CCc1ccccc1)NCC2O. The summed E-state index contributed by atoms with van der Waals surface area (Å²) in [6.07, 6.45) is 1.13. The lowest BCUT2D eigenvalue weighted by Gasteiger charge is -2.30. The minimum atomic E-state index is -0.653. The van der Waals surface area contributed by atoms with Crippen molar-refractivity contribution in [2.45, 2.75) is 25.0 Å². The highest BCUT2D eigenvalue weighted by atomic mass is 16.3. The van der Waals surface area contributed by atoms with Gasteiger partial charge in [-0.15, -0.1) is 0 Å². The van der Waals surface area contributed by atoms with Crippen molar-refractivity contribution in [1.82, 2.24) is 5.32 Å². The van der Waals surface area contributed by atoms with Crippen LogP contribution in [0.1, 0.15) is 35.3 Å². The van der Waals surface area contributed by atoms with Crippen LogP contribution in [0, 0.1) is 0 Å². The Labute approximate surface area is 123 Å². The van der Waals surface area contributed by atoms with Crippen LogP contribution >= 0.6 is 0 Å². The average Bonchev–Trinajstić information content (AvgIpc) is 2.50. The average molecular weight is 285 g/mol. The van der Waals surface area contributed by atoms with E-state index in [1.165, 1.54) is 11.6 Å². The maximum Gasteiger partial charge on any atom is 0.157 e. The Morgan fingerprint density at radius 2 is 1.67 bits per heavy atom. The molecule has 3 rings (SSSR count). The summed E-state index contributed by atoms with van der Waals surface area (Å²) in [6, 6.07) is 13.3. The second-order valence-electron chi connectivity index (χ2n) is 5.47. The zero-order valence-electron chi connectivity index (χ0n) is 11.7. The third-order valence-corrected chi connectivity index (χ3v) is 4.04. The molecule has 2 aromatic carbocycles. The molecule has 1 aliphatic rings. The lowest BCUT2D eigenvalue weighted by Crippen LogP contribution is -2.33. The molecule has 0 radical (unpaired) electrons. The number of hydrogen-bond acceptors (Lipinski definition) is 4.